The second-order valence-electron chi connectivity index (χ2n) is 6.58. The monoisotopic (exact) mass is 412 g/mol. The molecular formula is C19H21ClN8O. The highest BCUT2D eigenvalue weighted by Gasteiger charge is 2.12. The first kappa shape index (κ1) is 19.2. The summed E-state index contributed by atoms with van der Waals surface area (Å²) in [6.07, 6.45) is 4.11. The molecule has 0 spiro atoms. The maximum atomic E-state index is 6.51. The first-order valence-corrected chi connectivity index (χ1v) is 9.46. The van der Waals surface area contributed by atoms with Gasteiger partial charge in [-0.05, 0) is 17.7 Å². The number of nitrogens with zero attached hydrogens (tertiary/aromatic N) is 5. The van der Waals surface area contributed by atoms with Crippen molar-refractivity contribution < 1.29 is 4.74 Å². The van der Waals surface area contributed by atoms with Gasteiger partial charge in [-0.25, -0.2) is 9.97 Å². The summed E-state index contributed by atoms with van der Waals surface area (Å²) in [6.45, 7) is 1.19. The van der Waals surface area contributed by atoms with Crippen molar-refractivity contribution in [2.45, 2.75) is 13.0 Å². The molecule has 4 rings (SSSR count). The molecule has 0 aliphatic heterocycles. The van der Waals surface area contributed by atoms with Crippen LogP contribution < -0.4 is 10.2 Å². The zero-order valence-corrected chi connectivity index (χ0v) is 16.9. The number of H-pyrrole nitrogens is 2. The molecule has 3 heterocycles. The van der Waals surface area contributed by atoms with Crippen molar-refractivity contribution in [3.63, 3.8) is 0 Å². The molecule has 0 amide bonds. The van der Waals surface area contributed by atoms with Crippen LogP contribution in [0.4, 0.5) is 17.6 Å². The predicted molar refractivity (Wildman–Crippen MR) is 113 cm³/mol. The highest BCUT2D eigenvalue weighted by atomic mass is 35.5. The largest absolute Gasteiger partial charge is 0.384 e. The number of hydrogen-bond donors (Lipinski definition) is 3. The highest BCUT2D eigenvalue weighted by Crippen LogP contribution is 2.26. The van der Waals surface area contributed by atoms with Gasteiger partial charge in [0.15, 0.2) is 5.82 Å². The standard InChI is InChI=1S/C19H21ClN8O/c1-28(10-12-3-4-14-18(17(12)20)23-11-22-14)19-21-7-5-15(25-19)24-16-9-13(26-27-16)6-8-29-2/h3-5,7,9,11H,6,8,10H2,1-2H3,(H,22,23)(H2,21,24,25,26,27). The normalized spacial score (nSPS) is 11.1. The summed E-state index contributed by atoms with van der Waals surface area (Å²) in [5.41, 5.74) is 3.61. The Morgan fingerprint density at radius 2 is 2.10 bits per heavy atom. The molecule has 9 nitrogen and oxygen atoms in total. The summed E-state index contributed by atoms with van der Waals surface area (Å²) in [5, 5.41) is 11.0. The minimum Gasteiger partial charge on any atom is -0.384 e. The first-order valence-electron chi connectivity index (χ1n) is 9.09. The van der Waals surface area contributed by atoms with E-state index in [4.69, 9.17) is 16.3 Å². The fraction of sp³-hybridized carbons (Fsp3) is 0.263. The summed E-state index contributed by atoms with van der Waals surface area (Å²) < 4.78 is 5.08. The molecule has 0 radical (unpaired) electrons. The minimum atomic E-state index is 0.550. The molecule has 0 fully saturated rings. The van der Waals surface area contributed by atoms with Gasteiger partial charge in [-0.2, -0.15) is 10.1 Å². The van der Waals surface area contributed by atoms with E-state index in [1.54, 1.807) is 25.7 Å². The van der Waals surface area contributed by atoms with Crippen molar-refractivity contribution in [3.05, 3.63) is 53.1 Å². The Labute approximate surface area is 172 Å². The van der Waals surface area contributed by atoms with E-state index in [2.05, 4.69) is 35.5 Å². The fourth-order valence-electron chi connectivity index (χ4n) is 2.96. The lowest BCUT2D eigenvalue weighted by atomic mass is 10.2. The van der Waals surface area contributed by atoms with Crippen LogP contribution in [0.2, 0.25) is 5.02 Å². The number of halogens is 1. The van der Waals surface area contributed by atoms with Crippen molar-refractivity contribution in [1.29, 1.82) is 0 Å². The van der Waals surface area contributed by atoms with Gasteiger partial charge in [-0.3, -0.25) is 5.10 Å². The third kappa shape index (κ3) is 4.30. The molecule has 29 heavy (non-hydrogen) atoms. The van der Waals surface area contributed by atoms with Crippen LogP contribution >= 0.6 is 11.6 Å². The van der Waals surface area contributed by atoms with Gasteiger partial charge < -0.3 is 19.9 Å². The third-order valence-electron chi connectivity index (χ3n) is 4.46. The van der Waals surface area contributed by atoms with Crippen molar-refractivity contribution in [2.75, 3.05) is 31.0 Å². The lowest BCUT2D eigenvalue weighted by molar-refractivity contribution is 0.201. The van der Waals surface area contributed by atoms with Gasteiger partial charge in [0.05, 0.1) is 23.5 Å². The first-order chi connectivity index (χ1) is 14.1. The third-order valence-corrected chi connectivity index (χ3v) is 4.89. The van der Waals surface area contributed by atoms with E-state index in [-0.39, 0.29) is 0 Å². The Balaban J connectivity index is 1.47. The molecule has 0 bridgehead atoms. The zero-order chi connectivity index (χ0) is 20.2. The Hall–Kier alpha value is -3.17. The molecule has 0 saturated heterocycles. The van der Waals surface area contributed by atoms with Crippen LogP contribution in [0.3, 0.4) is 0 Å². The van der Waals surface area contributed by atoms with E-state index in [1.807, 2.05) is 30.1 Å². The van der Waals surface area contributed by atoms with Gasteiger partial charge in [0.2, 0.25) is 5.95 Å². The lowest BCUT2D eigenvalue weighted by Gasteiger charge is -2.18. The van der Waals surface area contributed by atoms with E-state index < -0.39 is 0 Å². The molecule has 4 aromatic rings. The number of benzene rings is 1. The molecule has 3 aromatic heterocycles. The molecule has 0 saturated carbocycles. The van der Waals surface area contributed by atoms with Crippen LogP contribution in [0.25, 0.3) is 11.0 Å². The number of anilines is 3. The second kappa shape index (κ2) is 8.46. The van der Waals surface area contributed by atoms with Crippen molar-refractivity contribution >= 4 is 40.2 Å². The molecule has 0 aliphatic rings. The van der Waals surface area contributed by atoms with Crippen LogP contribution in [0, 0.1) is 0 Å². The summed E-state index contributed by atoms with van der Waals surface area (Å²) in [4.78, 5) is 18.2. The molecule has 10 heteroatoms. The van der Waals surface area contributed by atoms with E-state index in [0.717, 1.165) is 28.7 Å². The number of imidazole rings is 1. The van der Waals surface area contributed by atoms with Crippen LogP contribution in [-0.4, -0.2) is 50.9 Å². The number of fused-ring (bicyclic) bond motifs is 1. The smallest absolute Gasteiger partial charge is 0.227 e. The number of aromatic amines is 2. The average molecular weight is 413 g/mol. The van der Waals surface area contributed by atoms with Crippen LogP contribution in [-0.2, 0) is 17.7 Å². The topological polar surface area (TPSA) is 108 Å². The maximum Gasteiger partial charge on any atom is 0.227 e. The number of ether oxygens (including phenoxy) is 1. The molecule has 3 N–H and O–H groups in total. The van der Waals surface area contributed by atoms with Crippen molar-refractivity contribution in [2.24, 2.45) is 0 Å². The van der Waals surface area contributed by atoms with Crippen molar-refractivity contribution in [3.8, 4) is 0 Å². The number of rotatable bonds is 8. The molecule has 0 aliphatic carbocycles. The fourth-order valence-corrected chi connectivity index (χ4v) is 3.24. The van der Waals surface area contributed by atoms with E-state index in [0.29, 0.717) is 35.8 Å². The molecule has 150 valence electrons. The zero-order valence-electron chi connectivity index (χ0n) is 16.1. The Morgan fingerprint density at radius 3 is 2.97 bits per heavy atom. The SMILES string of the molecule is COCCc1cc(Nc2ccnc(N(C)Cc3ccc4[nH]cnc4c3Cl)n2)n[nH]1. The van der Waals surface area contributed by atoms with Crippen LogP contribution in [0.15, 0.2) is 36.8 Å². The van der Waals surface area contributed by atoms with Gasteiger partial charge in [0.1, 0.15) is 11.3 Å². The van der Waals surface area contributed by atoms with Gasteiger partial charge in [-0.15, -0.1) is 0 Å². The summed E-state index contributed by atoms with van der Waals surface area (Å²) in [7, 11) is 3.59. The predicted octanol–water partition coefficient (Wildman–Crippen LogP) is 3.30. The minimum absolute atomic E-state index is 0.550. The molecular weight excluding hydrogens is 392 g/mol. The number of methoxy groups -OCH3 is 1. The van der Waals surface area contributed by atoms with Gasteiger partial charge >= 0.3 is 0 Å². The van der Waals surface area contributed by atoms with E-state index in [9.17, 15) is 0 Å². The number of nitrogens with one attached hydrogen (secondary N) is 3. The summed E-state index contributed by atoms with van der Waals surface area (Å²) in [5.74, 6) is 1.92. The van der Waals surface area contributed by atoms with Gasteiger partial charge in [0, 0.05) is 45.1 Å². The Bertz CT molecular complexity index is 1110. The van der Waals surface area contributed by atoms with Crippen molar-refractivity contribution in [1.82, 2.24) is 30.1 Å². The van der Waals surface area contributed by atoms with Gasteiger partial charge in [-0.1, -0.05) is 17.7 Å². The van der Waals surface area contributed by atoms with Crippen LogP contribution in [0.5, 0.6) is 0 Å². The van der Waals surface area contributed by atoms with E-state index in [1.165, 1.54) is 0 Å². The summed E-state index contributed by atoms with van der Waals surface area (Å²) >= 11 is 6.51. The number of hydrogen-bond acceptors (Lipinski definition) is 7. The molecule has 1 aromatic carbocycles. The van der Waals surface area contributed by atoms with Crippen LogP contribution in [0.1, 0.15) is 11.3 Å². The quantitative estimate of drug-likeness (QED) is 0.407. The Morgan fingerprint density at radius 1 is 1.21 bits per heavy atom. The Kier molecular flexibility index (Phi) is 5.59. The lowest BCUT2D eigenvalue weighted by Crippen LogP contribution is -2.19. The van der Waals surface area contributed by atoms with E-state index >= 15 is 0 Å². The molecule has 0 atom stereocenters. The van der Waals surface area contributed by atoms with Gasteiger partial charge in [0.25, 0.3) is 0 Å². The second-order valence-corrected chi connectivity index (χ2v) is 6.96. The summed E-state index contributed by atoms with van der Waals surface area (Å²) in [6, 6.07) is 7.68. The molecule has 0 unspecified atom stereocenters. The maximum absolute atomic E-state index is 6.51. The number of aromatic nitrogens is 6. The average Bonchev–Trinajstić information content (AvgIpc) is 3.38. The highest BCUT2D eigenvalue weighted by molar-refractivity contribution is 6.35.